The van der Waals surface area contributed by atoms with Gasteiger partial charge in [0.2, 0.25) is 0 Å². The van der Waals surface area contributed by atoms with Crippen molar-refractivity contribution in [2.24, 2.45) is 0 Å². The fraction of sp³-hybridized carbons (Fsp3) is 0.0714. The monoisotopic (exact) mass is 390 g/mol. The van der Waals surface area contributed by atoms with E-state index in [2.05, 4.69) is 20.9 Å². The van der Waals surface area contributed by atoms with E-state index >= 15 is 0 Å². The zero-order valence-electron chi connectivity index (χ0n) is 10.4. The Kier molecular flexibility index (Phi) is 3.90. The van der Waals surface area contributed by atoms with E-state index in [1.165, 1.54) is 24.3 Å². The first-order chi connectivity index (χ1) is 10.0. The van der Waals surface area contributed by atoms with E-state index in [9.17, 15) is 8.78 Å². The number of alkyl halides is 1. The van der Waals surface area contributed by atoms with Crippen LogP contribution in [0.1, 0.15) is 5.82 Å². The Morgan fingerprint density at radius 1 is 1.19 bits per heavy atom. The molecule has 108 valence electrons. The molecule has 0 spiro atoms. The largest absolute Gasteiger partial charge is 0.294 e. The van der Waals surface area contributed by atoms with E-state index in [-0.39, 0.29) is 10.9 Å². The molecule has 0 atom stereocenters. The van der Waals surface area contributed by atoms with E-state index in [1.807, 2.05) is 0 Å². The molecule has 0 unspecified atom stereocenters. The highest BCUT2D eigenvalue weighted by Gasteiger charge is 2.16. The van der Waals surface area contributed by atoms with Crippen molar-refractivity contribution in [3.63, 3.8) is 0 Å². The van der Waals surface area contributed by atoms with Crippen molar-refractivity contribution in [2.45, 2.75) is 5.88 Å². The molecule has 0 N–H and O–H groups in total. The molecule has 0 aliphatic carbocycles. The van der Waals surface area contributed by atoms with E-state index in [0.29, 0.717) is 27.0 Å². The van der Waals surface area contributed by atoms with Crippen molar-refractivity contribution < 1.29 is 8.78 Å². The number of imidazole rings is 1. The second kappa shape index (κ2) is 5.55. The lowest BCUT2D eigenvalue weighted by molar-refractivity contribution is 0.626. The zero-order valence-corrected chi connectivity index (χ0v) is 13.5. The van der Waals surface area contributed by atoms with Gasteiger partial charge in [-0.1, -0.05) is 11.6 Å². The molecule has 2 nitrogen and oxygen atoms in total. The van der Waals surface area contributed by atoms with Crippen LogP contribution < -0.4 is 0 Å². The van der Waals surface area contributed by atoms with E-state index < -0.39 is 11.6 Å². The fourth-order valence-corrected chi connectivity index (χ4v) is 2.90. The van der Waals surface area contributed by atoms with Gasteiger partial charge in [0, 0.05) is 10.5 Å². The van der Waals surface area contributed by atoms with Gasteiger partial charge in [0.25, 0.3) is 0 Å². The highest BCUT2D eigenvalue weighted by Crippen LogP contribution is 2.30. The average Bonchev–Trinajstić information content (AvgIpc) is 2.79. The second-order valence-electron chi connectivity index (χ2n) is 4.35. The predicted molar refractivity (Wildman–Crippen MR) is 83.3 cm³/mol. The summed E-state index contributed by atoms with van der Waals surface area (Å²) < 4.78 is 29.5. The Morgan fingerprint density at radius 2 is 1.95 bits per heavy atom. The predicted octanol–water partition coefficient (Wildman–Crippen LogP) is 5.46. The van der Waals surface area contributed by atoms with Crippen LogP contribution >= 0.6 is 39.1 Å². The van der Waals surface area contributed by atoms with Gasteiger partial charge in [0.05, 0.1) is 27.6 Å². The maximum absolute atomic E-state index is 13.7. The van der Waals surface area contributed by atoms with Gasteiger partial charge in [0.15, 0.2) is 0 Å². The Hall–Kier alpha value is -1.17. The highest BCUT2D eigenvalue weighted by molar-refractivity contribution is 9.10. The average molecular weight is 392 g/mol. The van der Waals surface area contributed by atoms with Gasteiger partial charge in [-0.05, 0) is 40.2 Å². The Morgan fingerprint density at radius 3 is 2.67 bits per heavy atom. The van der Waals surface area contributed by atoms with Crippen LogP contribution in [-0.4, -0.2) is 9.55 Å². The SMILES string of the molecule is Fc1ccc(Br)c(-n2c(CCl)nc3cc(Cl)c(F)cc32)c1. The summed E-state index contributed by atoms with van der Waals surface area (Å²) in [4.78, 5) is 4.32. The van der Waals surface area contributed by atoms with Crippen LogP contribution in [0.2, 0.25) is 5.02 Å². The lowest BCUT2D eigenvalue weighted by atomic mass is 10.2. The molecule has 0 fully saturated rings. The Bertz CT molecular complexity index is 849. The lowest BCUT2D eigenvalue weighted by Gasteiger charge is -2.10. The lowest BCUT2D eigenvalue weighted by Crippen LogP contribution is -2.01. The van der Waals surface area contributed by atoms with Gasteiger partial charge in [-0.3, -0.25) is 4.57 Å². The molecule has 0 radical (unpaired) electrons. The quantitative estimate of drug-likeness (QED) is 0.530. The molecule has 0 saturated heterocycles. The van der Waals surface area contributed by atoms with Crippen molar-refractivity contribution in [2.75, 3.05) is 0 Å². The zero-order chi connectivity index (χ0) is 15.1. The number of rotatable bonds is 2. The molecule has 0 amide bonds. The van der Waals surface area contributed by atoms with Gasteiger partial charge in [-0.2, -0.15) is 0 Å². The molecule has 2 aromatic carbocycles. The highest BCUT2D eigenvalue weighted by atomic mass is 79.9. The summed E-state index contributed by atoms with van der Waals surface area (Å²) in [5, 5.41) is -0.0217. The van der Waals surface area contributed by atoms with Gasteiger partial charge < -0.3 is 0 Å². The number of hydrogen-bond acceptors (Lipinski definition) is 1. The Labute approximate surface area is 137 Å². The minimum absolute atomic E-state index is 0.0217. The minimum atomic E-state index is -0.570. The normalized spacial score (nSPS) is 11.3. The number of hydrogen-bond donors (Lipinski definition) is 0. The number of nitrogens with zero attached hydrogens (tertiary/aromatic N) is 2. The summed E-state index contributed by atoms with van der Waals surface area (Å²) in [6.07, 6.45) is 0. The van der Waals surface area contributed by atoms with Crippen LogP contribution in [-0.2, 0) is 5.88 Å². The molecule has 1 aromatic heterocycles. The first kappa shape index (κ1) is 14.8. The fourth-order valence-electron chi connectivity index (χ4n) is 2.14. The molecule has 0 aliphatic rings. The topological polar surface area (TPSA) is 17.8 Å². The number of fused-ring (bicyclic) bond motifs is 1. The summed E-state index contributed by atoms with van der Waals surface area (Å²) in [5.74, 6) is -0.416. The van der Waals surface area contributed by atoms with Gasteiger partial charge in [-0.25, -0.2) is 13.8 Å². The summed E-state index contributed by atoms with van der Waals surface area (Å²) in [6, 6.07) is 6.91. The summed E-state index contributed by atoms with van der Waals surface area (Å²) >= 11 is 15.0. The first-order valence-electron chi connectivity index (χ1n) is 5.89. The molecule has 0 aliphatic heterocycles. The molecule has 3 rings (SSSR count). The number of aromatic nitrogens is 2. The maximum atomic E-state index is 13.7. The Balaban J connectivity index is 2.40. The molecule has 3 aromatic rings. The van der Waals surface area contributed by atoms with Crippen LogP contribution in [0.5, 0.6) is 0 Å². The van der Waals surface area contributed by atoms with Crippen LogP contribution in [0.25, 0.3) is 16.7 Å². The van der Waals surface area contributed by atoms with Crippen molar-refractivity contribution in [1.82, 2.24) is 9.55 Å². The van der Waals surface area contributed by atoms with Crippen molar-refractivity contribution in [1.29, 1.82) is 0 Å². The van der Waals surface area contributed by atoms with Gasteiger partial charge >= 0.3 is 0 Å². The van der Waals surface area contributed by atoms with E-state index in [1.54, 1.807) is 10.6 Å². The second-order valence-corrected chi connectivity index (χ2v) is 5.88. The molecule has 21 heavy (non-hydrogen) atoms. The standard InChI is InChI=1S/C14H7BrCl2F2N2/c15-8-2-1-7(18)3-12(8)21-13-5-10(19)9(17)4-11(13)20-14(21)6-16/h1-5H,6H2. The van der Waals surface area contributed by atoms with Crippen LogP contribution in [0.3, 0.4) is 0 Å². The van der Waals surface area contributed by atoms with E-state index in [4.69, 9.17) is 23.2 Å². The number of halogens is 5. The molecule has 1 heterocycles. The molecule has 0 bridgehead atoms. The van der Waals surface area contributed by atoms with Crippen LogP contribution in [0.15, 0.2) is 34.8 Å². The summed E-state index contributed by atoms with van der Waals surface area (Å²) in [5.41, 5.74) is 1.46. The van der Waals surface area contributed by atoms with Gasteiger partial charge in [-0.15, -0.1) is 11.6 Å². The maximum Gasteiger partial charge on any atom is 0.144 e. The van der Waals surface area contributed by atoms with Crippen molar-refractivity contribution in [3.05, 3.63) is 57.3 Å². The third-order valence-electron chi connectivity index (χ3n) is 3.03. The smallest absolute Gasteiger partial charge is 0.144 e. The van der Waals surface area contributed by atoms with E-state index in [0.717, 1.165) is 0 Å². The number of benzene rings is 2. The van der Waals surface area contributed by atoms with Crippen LogP contribution in [0.4, 0.5) is 8.78 Å². The first-order valence-corrected chi connectivity index (χ1v) is 7.59. The molecule has 0 saturated carbocycles. The van der Waals surface area contributed by atoms with Gasteiger partial charge in [0.1, 0.15) is 17.5 Å². The molecule has 7 heteroatoms. The summed E-state index contributed by atoms with van der Waals surface area (Å²) in [7, 11) is 0. The molecular weight excluding hydrogens is 385 g/mol. The molecular formula is C14H7BrCl2F2N2. The third-order valence-corrected chi connectivity index (χ3v) is 4.23. The van der Waals surface area contributed by atoms with Crippen molar-refractivity contribution >= 4 is 50.2 Å². The van der Waals surface area contributed by atoms with Crippen LogP contribution in [0, 0.1) is 11.6 Å². The minimum Gasteiger partial charge on any atom is -0.294 e. The third kappa shape index (κ3) is 2.54. The van der Waals surface area contributed by atoms with Crippen molar-refractivity contribution in [3.8, 4) is 5.69 Å². The summed E-state index contributed by atoms with van der Waals surface area (Å²) in [6.45, 7) is 0.